The lowest BCUT2D eigenvalue weighted by atomic mass is 9.91. The Bertz CT molecular complexity index is 957. The molecule has 156 valence electrons. The number of halogens is 2. The van der Waals surface area contributed by atoms with Gasteiger partial charge < -0.3 is 15.5 Å². The summed E-state index contributed by atoms with van der Waals surface area (Å²) >= 11 is 0. The Morgan fingerprint density at radius 3 is 2.00 bits per heavy atom. The fourth-order valence-corrected chi connectivity index (χ4v) is 3.23. The van der Waals surface area contributed by atoms with Crippen LogP contribution in [0.15, 0.2) is 72.8 Å². The van der Waals surface area contributed by atoms with Gasteiger partial charge in [0.15, 0.2) is 0 Å². The third kappa shape index (κ3) is 6.12. The molecule has 3 aromatic carbocycles. The van der Waals surface area contributed by atoms with Crippen LogP contribution in [0.5, 0.6) is 5.75 Å². The van der Waals surface area contributed by atoms with Crippen LogP contribution >= 0.6 is 0 Å². The minimum Gasteiger partial charge on any atom is -0.508 e. The zero-order valence-corrected chi connectivity index (χ0v) is 16.3. The van der Waals surface area contributed by atoms with E-state index in [9.17, 15) is 23.8 Å². The van der Waals surface area contributed by atoms with Gasteiger partial charge in [-0.25, -0.2) is 8.78 Å². The van der Waals surface area contributed by atoms with E-state index in [4.69, 9.17) is 0 Å². The fourth-order valence-electron chi connectivity index (χ4n) is 3.23. The molecular weight excluding hydrogens is 388 g/mol. The maximum atomic E-state index is 13.1. The predicted molar refractivity (Wildman–Crippen MR) is 111 cm³/mol. The highest BCUT2D eigenvalue weighted by Crippen LogP contribution is 2.25. The number of benzene rings is 3. The van der Waals surface area contributed by atoms with Crippen molar-refractivity contribution in [2.45, 2.75) is 25.4 Å². The highest BCUT2D eigenvalue weighted by atomic mass is 19.1. The SMILES string of the molecule is O=C(Nc1ccc(F)cc1)C(CC[C@H](O)c1ccc(F)cc1)Cc1ccc(O)cc1. The van der Waals surface area contributed by atoms with Gasteiger partial charge in [0.1, 0.15) is 17.4 Å². The van der Waals surface area contributed by atoms with E-state index >= 15 is 0 Å². The van der Waals surface area contributed by atoms with Gasteiger partial charge in [0.25, 0.3) is 0 Å². The Labute approximate surface area is 173 Å². The molecule has 30 heavy (non-hydrogen) atoms. The van der Waals surface area contributed by atoms with Crippen LogP contribution in [0.2, 0.25) is 0 Å². The first kappa shape index (κ1) is 21.5. The van der Waals surface area contributed by atoms with Gasteiger partial charge in [-0.2, -0.15) is 0 Å². The zero-order chi connectivity index (χ0) is 21.5. The Morgan fingerprint density at radius 1 is 0.833 bits per heavy atom. The van der Waals surface area contributed by atoms with Gasteiger partial charge >= 0.3 is 0 Å². The highest BCUT2D eigenvalue weighted by molar-refractivity contribution is 5.92. The van der Waals surface area contributed by atoms with Crippen molar-refractivity contribution in [3.8, 4) is 5.75 Å². The lowest BCUT2D eigenvalue weighted by Gasteiger charge is -2.19. The minimum atomic E-state index is -0.827. The first-order chi connectivity index (χ1) is 14.4. The number of amides is 1. The summed E-state index contributed by atoms with van der Waals surface area (Å²) in [4.78, 5) is 12.9. The van der Waals surface area contributed by atoms with Crippen LogP contribution < -0.4 is 5.32 Å². The number of aliphatic hydroxyl groups excluding tert-OH is 1. The van der Waals surface area contributed by atoms with E-state index in [0.717, 1.165) is 5.56 Å². The van der Waals surface area contributed by atoms with Crippen molar-refractivity contribution in [2.75, 3.05) is 5.32 Å². The van der Waals surface area contributed by atoms with Crippen molar-refractivity contribution in [1.82, 2.24) is 0 Å². The molecule has 1 amide bonds. The summed E-state index contributed by atoms with van der Waals surface area (Å²) in [6, 6.07) is 17.7. The molecule has 0 fully saturated rings. The van der Waals surface area contributed by atoms with E-state index in [2.05, 4.69) is 5.32 Å². The molecule has 3 rings (SSSR count). The summed E-state index contributed by atoms with van der Waals surface area (Å²) in [7, 11) is 0. The lowest BCUT2D eigenvalue weighted by molar-refractivity contribution is -0.120. The fraction of sp³-hybridized carbons (Fsp3) is 0.208. The van der Waals surface area contributed by atoms with Gasteiger partial charge in [0.05, 0.1) is 6.10 Å². The number of nitrogens with one attached hydrogen (secondary N) is 1. The molecule has 0 radical (unpaired) electrons. The van der Waals surface area contributed by atoms with Crippen LogP contribution in [-0.2, 0) is 11.2 Å². The predicted octanol–water partition coefficient (Wildman–Crippen LogP) is 4.98. The number of rotatable bonds is 8. The van der Waals surface area contributed by atoms with Crippen molar-refractivity contribution in [3.63, 3.8) is 0 Å². The third-order valence-electron chi connectivity index (χ3n) is 4.94. The Hall–Kier alpha value is -3.25. The Balaban J connectivity index is 1.70. The molecule has 0 spiro atoms. The molecule has 0 heterocycles. The number of carbonyl (C=O) groups excluding carboxylic acids is 1. The quantitative estimate of drug-likeness (QED) is 0.490. The van der Waals surface area contributed by atoms with E-state index in [1.807, 2.05) is 0 Å². The van der Waals surface area contributed by atoms with Crippen LogP contribution in [-0.4, -0.2) is 16.1 Å². The molecule has 2 atom stereocenters. The summed E-state index contributed by atoms with van der Waals surface area (Å²) in [6.07, 6.45) is 0.271. The molecule has 0 aromatic heterocycles. The molecule has 0 aliphatic heterocycles. The standard InChI is InChI=1S/C24H23F2NO3/c25-19-6-3-17(4-7-19)23(29)14-5-18(15-16-1-12-22(28)13-2-16)24(30)27-21-10-8-20(26)9-11-21/h1-4,6-13,18,23,28-29H,5,14-15H2,(H,27,30)/t18?,23-/m0/s1. The van der Waals surface area contributed by atoms with E-state index in [1.165, 1.54) is 48.5 Å². The van der Waals surface area contributed by atoms with E-state index in [1.54, 1.807) is 24.3 Å². The van der Waals surface area contributed by atoms with E-state index in [-0.39, 0.29) is 17.5 Å². The van der Waals surface area contributed by atoms with Gasteiger partial charge in [-0.15, -0.1) is 0 Å². The summed E-state index contributed by atoms with van der Waals surface area (Å²) in [6.45, 7) is 0. The van der Waals surface area contributed by atoms with E-state index in [0.29, 0.717) is 30.5 Å². The molecule has 0 saturated carbocycles. The lowest BCUT2D eigenvalue weighted by Crippen LogP contribution is -2.25. The normalized spacial score (nSPS) is 12.9. The molecule has 6 heteroatoms. The molecule has 1 unspecified atom stereocenters. The summed E-state index contributed by atoms with van der Waals surface area (Å²) in [5.74, 6) is -1.35. The van der Waals surface area contributed by atoms with Crippen molar-refractivity contribution in [3.05, 3.63) is 95.6 Å². The van der Waals surface area contributed by atoms with Crippen LogP contribution in [0.25, 0.3) is 0 Å². The molecule has 0 aliphatic carbocycles. The van der Waals surface area contributed by atoms with Crippen LogP contribution in [0.3, 0.4) is 0 Å². The number of phenolic OH excluding ortho intramolecular Hbond substituents is 1. The molecule has 0 saturated heterocycles. The maximum absolute atomic E-state index is 13.1. The molecule has 3 N–H and O–H groups in total. The van der Waals surface area contributed by atoms with E-state index < -0.39 is 17.8 Å². The van der Waals surface area contributed by atoms with Gasteiger partial charge in [-0.1, -0.05) is 24.3 Å². The van der Waals surface area contributed by atoms with Crippen LogP contribution in [0.1, 0.15) is 30.1 Å². The van der Waals surface area contributed by atoms with Crippen LogP contribution in [0, 0.1) is 17.6 Å². The van der Waals surface area contributed by atoms with Crippen molar-refractivity contribution >= 4 is 11.6 Å². The summed E-state index contributed by atoms with van der Waals surface area (Å²) in [5.41, 5.74) is 1.93. The smallest absolute Gasteiger partial charge is 0.227 e. The molecule has 3 aromatic rings. The molecule has 0 aliphatic rings. The summed E-state index contributed by atoms with van der Waals surface area (Å²) < 4.78 is 26.2. The van der Waals surface area contributed by atoms with Crippen LogP contribution in [0.4, 0.5) is 14.5 Å². The third-order valence-corrected chi connectivity index (χ3v) is 4.94. The van der Waals surface area contributed by atoms with Crippen molar-refractivity contribution in [1.29, 1.82) is 0 Å². The molecule has 4 nitrogen and oxygen atoms in total. The summed E-state index contributed by atoms with van der Waals surface area (Å²) in [5, 5.41) is 22.7. The number of carbonyl (C=O) groups is 1. The monoisotopic (exact) mass is 411 g/mol. The van der Waals surface area contributed by atoms with Crippen molar-refractivity contribution in [2.24, 2.45) is 5.92 Å². The van der Waals surface area contributed by atoms with Crippen molar-refractivity contribution < 1.29 is 23.8 Å². The Kier molecular flexibility index (Phi) is 7.14. The highest BCUT2D eigenvalue weighted by Gasteiger charge is 2.21. The average molecular weight is 411 g/mol. The van der Waals surface area contributed by atoms with Gasteiger partial charge in [0, 0.05) is 11.6 Å². The number of hydrogen-bond donors (Lipinski definition) is 3. The maximum Gasteiger partial charge on any atom is 0.227 e. The molecular formula is C24H23F2NO3. The number of aliphatic hydroxyl groups is 1. The first-order valence-corrected chi connectivity index (χ1v) is 9.68. The number of phenols is 1. The zero-order valence-electron chi connectivity index (χ0n) is 16.3. The number of hydrogen-bond acceptors (Lipinski definition) is 3. The second-order valence-corrected chi connectivity index (χ2v) is 7.21. The Morgan fingerprint density at radius 2 is 1.40 bits per heavy atom. The number of aromatic hydroxyl groups is 1. The minimum absolute atomic E-state index is 0.137. The molecule has 0 bridgehead atoms. The average Bonchev–Trinajstić information content (AvgIpc) is 2.74. The van der Waals surface area contributed by atoms with Gasteiger partial charge in [0.2, 0.25) is 5.91 Å². The first-order valence-electron chi connectivity index (χ1n) is 9.68. The topological polar surface area (TPSA) is 69.6 Å². The van der Waals surface area contributed by atoms with Gasteiger partial charge in [-0.05, 0) is 78.9 Å². The largest absolute Gasteiger partial charge is 0.508 e. The second-order valence-electron chi connectivity index (χ2n) is 7.21. The second kappa shape index (κ2) is 9.98. The number of anilines is 1. The van der Waals surface area contributed by atoms with Gasteiger partial charge in [-0.3, -0.25) is 4.79 Å².